The van der Waals surface area contributed by atoms with E-state index in [9.17, 15) is 4.21 Å². The Bertz CT molecular complexity index is 1360. The Morgan fingerprint density at radius 1 is 1.18 bits per heavy atom. The van der Waals surface area contributed by atoms with Gasteiger partial charge in [0.1, 0.15) is 23.9 Å². The van der Waals surface area contributed by atoms with Crippen molar-refractivity contribution >= 4 is 50.5 Å². The molecule has 38 heavy (non-hydrogen) atoms. The van der Waals surface area contributed by atoms with Gasteiger partial charge in [-0.2, -0.15) is 0 Å². The van der Waals surface area contributed by atoms with Crippen molar-refractivity contribution in [3.05, 3.63) is 75.2 Å². The number of ether oxygens (including phenoxy) is 2. The molecule has 1 aromatic carbocycles. The fourth-order valence-electron chi connectivity index (χ4n) is 4.21. The van der Waals surface area contributed by atoms with Crippen molar-refractivity contribution < 1.29 is 13.7 Å². The zero-order chi connectivity index (χ0) is 27.4. The minimum Gasteiger partial charge on any atom is -0.486 e. The Labute approximate surface area is 234 Å². The van der Waals surface area contributed by atoms with Gasteiger partial charge in [0, 0.05) is 53.9 Å². The minimum absolute atomic E-state index is 0.133. The largest absolute Gasteiger partial charge is 0.486 e. The zero-order valence-electron chi connectivity index (χ0n) is 21.8. The lowest BCUT2D eigenvalue weighted by molar-refractivity contribution is 0.0343. The van der Waals surface area contributed by atoms with Crippen molar-refractivity contribution in [3.63, 3.8) is 0 Å². The second-order valence-electron chi connectivity index (χ2n) is 9.66. The summed E-state index contributed by atoms with van der Waals surface area (Å²) in [7, 11) is -2.50. The zero-order valence-corrected chi connectivity index (χ0v) is 24.3. The predicted molar refractivity (Wildman–Crippen MR) is 157 cm³/mol. The number of benzene rings is 1. The summed E-state index contributed by atoms with van der Waals surface area (Å²) in [6.07, 6.45) is 8.85. The standard InChI is InChI=1S/C27H33Cl2N5O3S/c1-16-26(29)25(21(28)15-31-16)17(2)37-19-9-10-22(33-24-7-5-6-12-36-24)20(13-19)27(30)18-8-11-23(32-14-18)34-38(3,4)35/h8-11,13-15,17,24,30,33,38H,5-7,12H2,1-4H3,(H,32,34,35)/t17-,24?/m1/s1. The van der Waals surface area contributed by atoms with Crippen LogP contribution in [0.2, 0.25) is 10.0 Å². The number of aryl methyl sites for hydroxylation is 1. The molecule has 204 valence electrons. The van der Waals surface area contributed by atoms with Gasteiger partial charge in [0.15, 0.2) is 0 Å². The summed E-state index contributed by atoms with van der Waals surface area (Å²) in [5, 5.41) is 13.4. The number of aromatic nitrogens is 2. The maximum Gasteiger partial charge on any atom is 0.136 e. The Morgan fingerprint density at radius 2 is 1.97 bits per heavy atom. The van der Waals surface area contributed by atoms with Crippen LogP contribution in [0.5, 0.6) is 5.75 Å². The van der Waals surface area contributed by atoms with Crippen molar-refractivity contribution in [2.75, 3.05) is 29.2 Å². The lowest BCUT2D eigenvalue weighted by Gasteiger charge is -2.26. The molecule has 1 fully saturated rings. The van der Waals surface area contributed by atoms with E-state index in [4.69, 9.17) is 38.1 Å². The number of anilines is 2. The maximum atomic E-state index is 12.1. The molecule has 0 aliphatic carbocycles. The number of rotatable bonds is 9. The van der Waals surface area contributed by atoms with Crippen LogP contribution >= 0.6 is 23.2 Å². The van der Waals surface area contributed by atoms with E-state index >= 15 is 0 Å². The highest BCUT2D eigenvalue weighted by Gasteiger charge is 2.21. The Balaban J connectivity index is 1.65. The van der Waals surface area contributed by atoms with E-state index in [0.29, 0.717) is 50.6 Å². The van der Waals surface area contributed by atoms with Gasteiger partial charge < -0.3 is 19.5 Å². The average molecular weight is 579 g/mol. The van der Waals surface area contributed by atoms with Crippen LogP contribution in [0.4, 0.5) is 11.5 Å². The number of pyridine rings is 2. The molecule has 0 amide bonds. The van der Waals surface area contributed by atoms with E-state index < -0.39 is 16.2 Å². The first kappa shape index (κ1) is 28.3. The van der Waals surface area contributed by atoms with Gasteiger partial charge in [0.25, 0.3) is 0 Å². The van der Waals surface area contributed by atoms with E-state index in [0.717, 1.165) is 24.9 Å². The summed E-state index contributed by atoms with van der Waals surface area (Å²) in [5.74, 6) is 1.05. The van der Waals surface area contributed by atoms with Gasteiger partial charge in [-0.05, 0) is 73.6 Å². The second kappa shape index (κ2) is 12.0. The summed E-state index contributed by atoms with van der Waals surface area (Å²) in [5.41, 5.74) is 3.58. The highest BCUT2D eigenvalue weighted by Crippen LogP contribution is 2.35. The number of halogens is 2. The van der Waals surface area contributed by atoms with E-state index in [1.807, 2.05) is 32.0 Å². The van der Waals surface area contributed by atoms with E-state index in [1.54, 1.807) is 37.0 Å². The van der Waals surface area contributed by atoms with Crippen LogP contribution in [-0.2, 0) is 14.9 Å². The molecule has 11 heteroatoms. The highest BCUT2D eigenvalue weighted by atomic mass is 35.5. The fraction of sp³-hybridized carbons (Fsp3) is 0.370. The topological polar surface area (TPSA) is 109 Å². The first-order chi connectivity index (χ1) is 18.0. The molecule has 1 unspecified atom stereocenters. The Morgan fingerprint density at radius 3 is 2.63 bits per heavy atom. The second-order valence-corrected chi connectivity index (χ2v) is 13.4. The third kappa shape index (κ3) is 7.02. The third-order valence-corrected chi connectivity index (χ3v) is 7.64. The molecule has 1 aliphatic rings. The van der Waals surface area contributed by atoms with Gasteiger partial charge in [-0.15, -0.1) is 0 Å². The van der Waals surface area contributed by atoms with Gasteiger partial charge in [-0.3, -0.25) is 14.6 Å². The van der Waals surface area contributed by atoms with Gasteiger partial charge in [-0.25, -0.2) is 4.98 Å². The van der Waals surface area contributed by atoms with Crippen LogP contribution in [0.15, 0.2) is 42.7 Å². The highest BCUT2D eigenvalue weighted by molar-refractivity contribution is 8.02. The molecule has 2 aromatic heterocycles. The summed E-state index contributed by atoms with van der Waals surface area (Å²) in [4.78, 5) is 8.56. The van der Waals surface area contributed by atoms with Crippen molar-refractivity contribution in [3.8, 4) is 5.75 Å². The lowest BCUT2D eigenvalue weighted by atomic mass is 10.0. The summed E-state index contributed by atoms with van der Waals surface area (Å²) < 4.78 is 27.1. The van der Waals surface area contributed by atoms with Crippen LogP contribution in [0.3, 0.4) is 0 Å². The van der Waals surface area contributed by atoms with Crippen molar-refractivity contribution in [2.24, 2.45) is 0 Å². The van der Waals surface area contributed by atoms with Gasteiger partial charge in [0.2, 0.25) is 0 Å². The normalized spacial score (nSPS) is 16.9. The third-order valence-electron chi connectivity index (χ3n) is 6.09. The molecule has 0 saturated carbocycles. The number of nitrogens with zero attached hydrogens (tertiary/aromatic N) is 2. The molecule has 2 atom stereocenters. The fourth-order valence-corrected chi connectivity index (χ4v) is 5.55. The molecule has 8 nitrogen and oxygen atoms in total. The van der Waals surface area contributed by atoms with Crippen molar-refractivity contribution in [2.45, 2.75) is 45.4 Å². The average Bonchev–Trinajstić information content (AvgIpc) is 2.87. The minimum atomic E-state index is -2.50. The molecule has 1 saturated heterocycles. The SMILES string of the molecule is Cc1ncc(Cl)c([C@@H](C)Oc2ccc(NC3CCCCO3)c(C(=N)c3ccc(N[SH](C)(C)=O)nc3)c2)c1Cl. The molecule has 0 radical (unpaired) electrons. The molecule has 0 bridgehead atoms. The number of hydrogen-bond acceptors (Lipinski definition) is 7. The lowest BCUT2D eigenvalue weighted by Crippen LogP contribution is -2.28. The molecular formula is C27H33Cl2N5O3S. The first-order valence-electron chi connectivity index (χ1n) is 12.4. The quantitative estimate of drug-likeness (QED) is 0.178. The number of hydrogen-bond donors (Lipinski definition) is 4. The molecule has 3 heterocycles. The van der Waals surface area contributed by atoms with Gasteiger partial charge in [0.05, 0.1) is 21.5 Å². The summed E-state index contributed by atoms with van der Waals surface area (Å²) in [6.45, 7) is 4.39. The summed E-state index contributed by atoms with van der Waals surface area (Å²) in [6, 6.07) is 9.05. The van der Waals surface area contributed by atoms with Crippen LogP contribution in [0.1, 0.15) is 54.7 Å². The smallest absolute Gasteiger partial charge is 0.136 e. The monoisotopic (exact) mass is 577 g/mol. The van der Waals surface area contributed by atoms with Gasteiger partial charge in [-0.1, -0.05) is 23.2 Å². The van der Waals surface area contributed by atoms with Crippen LogP contribution in [0.25, 0.3) is 0 Å². The van der Waals surface area contributed by atoms with E-state index in [1.165, 1.54) is 0 Å². The molecule has 3 aromatic rings. The Kier molecular flexibility index (Phi) is 8.92. The van der Waals surface area contributed by atoms with Crippen LogP contribution in [0, 0.1) is 12.3 Å². The van der Waals surface area contributed by atoms with Crippen molar-refractivity contribution in [1.29, 1.82) is 5.41 Å². The molecular weight excluding hydrogens is 545 g/mol. The molecule has 3 N–H and O–H groups in total. The first-order valence-corrected chi connectivity index (χ1v) is 15.8. The predicted octanol–water partition coefficient (Wildman–Crippen LogP) is 6.19. The molecule has 0 spiro atoms. The van der Waals surface area contributed by atoms with Crippen LogP contribution < -0.4 is 14.8 Å². The van der Waals surface area contributed by atoms with E-state index in [2.05, 4.69) is 20.0 Å². The van der Waals surface area contributed by atoms with Crippen LogP contribution in [-0.4, -0.2) is 45.2 Å². The summed E-state index contributed by atoms with van der Waals surface area (Å²) >= 11 is 12.9. The number of thiol groups is 1. The molecule has 1 aliphatic heterocycles. The maximum absolute atomic E-state index is 12.1. The van der Waals surface area contributed by atoms with E-state index in [-0.39, 0.29) is 11.9 Å². The molecule has 4 rings (SSSR count). The van der Waals surface area contributed by atoms with Crippen molar-refractivity contribution in [1.82, 2.24) is 9.97 Å². The Hall–Kier alpha value is -2.72. The van der Waals surface area contributed by atoms with Gasteiger partial charge >= 0.3 is 0 Å². The number of nitrogens with one attached hydrogen (secondary N) is 3.